The molecule has 0 radical (unpaired) electrons. The van der Waals surface area contributed by atoms with E-state index in [4.69, 9.17) is 4.74 Å². The summed E-state index contributed by atoms with van der Waals surface area (Å²) in [6.07, 6.45) is 11.9. The normalized spacial score (nSPS) is 8.33. The third-order valence-electron chi connectivity index (χ3n) is 5.32. The average molecular weight is 617 g/mol. The minimum Gasteiger partial charge on any atom is -0.501 e. The Morgan fingerprint density at radius 3 is 1.30 bits per heavy atom. The first-order chi connectivity index (χ1) is 20.3. The summed E-state index contributed by atoms with van der Waals surface area (Å²) >= 11 is 3.53. The van der Waals surface area contributed by atoms with Crippen molar-refractivity contribution >= 4 is 12.6 Å². The van der Waals surface area contributed by atoms with Gasteiger partial charge in [-0.1, -0.05) is 97.7 Å². The third-order valence-corrected chi connectivity index (χ3v) is 5.32. The SMILES string of the molecule is C#CC.C/C=C(/CCC(C)C)OC.C=C.CC.CC.CCC.CS.Cc1cc(C)c(C)cc1C.Cc1ccc(C)c(C)c1. The Morgan fingerprint density at radius 1 is 0.791 bits per heavy atom. The lowest BCUT2D eigenvalue weighted by Crippen LogP contribution is -1.91. The van der Waals surface area contributed by atoms with Gasteiger partial charge in [0, 0.05) is 6.42 Å². The number of terminal acetylenes is 1. The van der Waals surface area contributed by atoms with Gasteiger partial charge in [-0.25, -0.2) is 0 Å². The molecule has 0 aliphatic carbocycles. The number of hydrogen-bond donors (Lipinski definition) is 1. The predicted octanol–water partition coefficient (Wildman–Crippen LogP) is 14.0. The van der Waals surface area contributed by atoms with Crippen molar-refractivity contribution < 1.29 is 4.74 Å². The lowest BCUT2D eigenvalue weighted by molar-refractivity contribution is 0.269. The van der Waals surface area contributed by atoms with Crippen molar-refractivity contribution in [3.05, 3.63) is 94.3 Å². The summed E-state index contributed by atoms with van der Waals surface area (Å²) in [7, 11) is 1.73. The maximum atomic E-state index is 5.11. The zero-order chi connectivity index (χ0) is 36.0. The number of aryl methyl sites for hydroxylation is 7. The molecule has 0 atom stereocenters. The van der Waals surface area contributed by atoms with Crippen molar-refractivity contribution in [3.8, 4) is 12.3 Å². The summed E-state index contributed by atoms with van der Waals surface area (Å²) < 4.78 is 5.11. The largest absolute Gasteiger partial charge is 0.501 e. The van der Waals surface area contributed by atoms with Crippen LogP contribution in [0.5, 0.6) is 0 Å². The Morgan fingerprint density at radius 2 is 1.09 bits per heavy atom. The predicted molar refractivity (Wildman–Crippen MR) is 210 cm³/mol. The first-order valence-corrected chi connectivity index (χ1v) is 16.8. The highest BCUT2D eigenvalue weighted by Crippen LogP contribution is 2.13. The van der Waals surface area contributed by atoms with Gasteiger partial charge in [-0.05, 0) is 120 Å². The molecule has 0 heterocycles. The first-order valence-electron chi connectivity index (χ1n) is 15.9. The zero-order valence-electron chi connectivity index (χ0n) is 32.5. The van der Waals surface area contributed by atoms with Crippen LogP contribution in [0.2, 0.25) is 0 Å². The van der Waals surface area contributed by atoms with Gasteiger partial charge in [-0.3, -0.25) is 0 Å². The molecular weight excluding hydrogens is 541 g/mol. The highest BCUT2D eigenvalue weighted by atomic mass is 32.1. The number of methoxy groups -OCH3 is 1. The van der Waals surface area contributed by atoms with E-state index in [1.54, 1.807) is 20.3 Å². The van der Waals surface area contributed by atoms with E-state index >= 15 is 0 Å². The summed E-state index contributed by atoms with van der Waals surface area (Å²) in [5, 5.41) is 0. The number of ether oxygens (including phenoxy) is 1. The molecule has 2 aromatic rings. The Labute approximate surface area is 279 Å². The number of rotatable bonds is 4. The molecule has 0 spiro atoms. The second-order valence-corrected chi connectivity index (χ2v) is 9.50. The molecule has 0 aliphatic heterocycles. The third kappa shape index (κ3) is 44.2. The molecule has 43 heavy (non-hydrogen) atoms. The molecule has 2 rings (SSSR count). The maximum absolute atomic E-state index is 5.11. The maximum Gasteiger partial charge on any atom is 0.0913 e. The fourth-order valence-corrected chi connectivity index (χ4v) is 2.79. The number of allylic oxidation sites excluding steroid dienone is 2. The van der Waals surface area contributed by atoms with E-state index in [1.807, 2.05) is 40.7 Å². The van der Waals surface area contributed by atoms with Gasteiger partial charge < -0.3 is 4.74 Å². The molecule has 0 saturated heterocycles. The van der Waals surface area contributed by atoms with Gasteiger partial charge in [0.25, 0.3) is 0 Å². The smallest absolute Gasteiger partial charge is 0.0913 e. The molecule has 0 unspecified atom stereocenters. The number of thiol groups is 1. The molecular formula is C41H76OS. The van der Waals surface area contributed by atoms with Gasteiger partial charge in [0.05, 0.1) is 12.9 Å². The lowest BCUT2D eigenvalue weighted by Gasteiger charge is -2.06. The number of benzene rings is 2. The minimum atomic E-state index is 0.769. The molecule has 2 aromatic carbocycles. The van der Waals surface area contributed by atoms with Crippen LogP contribution in [0.3, 0.4) is 0 Å². The van der Waals surface area contributed by atoms with Crippen LogP contribution in [0.15, 0.2) is 55.3 Å². The minimum absolute atomic E-state index is 0.769. The van der Waals surface area contributed by atoms with E-state index < -0.39 is 0 Å². The second kappa shape index (κ2) is 46.6. The van der Waals surface area contributed by atoms with Crippen molar-refractivity contribution in [1.82, 2.24) is 0 Å². The standard InChI is InChI=1S/C10H14.C9H18O.C9H12.C3H8.C3H4.2C2H6.C2H4.CH4S/c1-7-5-9(3)10(4)6-8(7)2;1-5-9(10-4)7-6-8(2)3;1-7-4-5-8(2)9(3)6-7;2*1-3-2;4*1-2/h5-6H,1-4H3;5,8H,6-7H2,1-4H3;4-6H,1-3H3;3H2,1-2H3;1H,2H3;2*1-2H3;1-2H2;2H,1H3/b;9-5-;;;;;;;. The van der Waals surface area contributed by atoms with Gasteiger partial charge >= 0.3 is 0 Å². The van der Waals surface area contributed by atoms with Crippen LogP contribution in [-0.4, -0.2) is 13.4 Å². The van der Waals surface area contributed by atoms with Gasteiger partial charge in [0.2, 0.25) is 0 Å². The fourth-order valence-electron chi connectivity index (χ4n) is 2.79. The fraction of sp³-hybridized carbons (Fsp3) is 0.561. The van der Waals surface area contributed by atoms with Crippen LogP contribution in [0.25, 0.3) is 0 Å². The summed E-state index contributed by atoms with van der Waals surface area (Å²) in [4.78, 5) is 0. The van der Waals surface area contributed by atoms with Gasteiger partial charge in [0.15, 0.2) is 0 Å². The van der Waals surface area contributed by atoms with Gasteiger partial charge in [0.1, 0.15) is 0 Å². The summed E-state index contributed by atoms with van der Waals surface area (Å²) in [5.74, 6) is 4.12. The molecule has 0 saturated carbocycles. The molecule has 0 N–H and O–H groups in total. The highest BCUT2D eigenvalue weighted by molar-refractivity contribution is 7.79. The van der Waals surface area contributed by atoms with Gasteiger partial charge in [-0.15, -0.1) is 25.5 Å². The Balaban J connectivity index is -0.0000000747. The van der Waals surface area contributed by atoms with E-state index in [-0.39, 0.29) is 0 Å². The molecule has 2 heteroatoms. The summed E-state index contributed by atoms with van der Waals surface area (Å²) in [6.45, 7) is 41.4. The molecule has 0 aromatic heterocycles. The van der Waals surface area contributed by atoms with E-state index in [0.29, 0.717) is 0 Å². The molecule has 0 amide bonds. The van der Waals surface area contributed by atoms with Crippen LogP contribution < -0.4 is 0 Å². The number of hydrogen-bond acceptors (Lipinski definition) is 2. The van der Waals surface area contributed by atoms with Crippen molar-refractivity contribution in [2.45, 2.75) is 137 Å². The molecule has 252 valence electrons. The van der Waals surface area contributed by atoms with Crippen LogP contribution in [0.1, 0.15) is 127 Å². The zero-order valence-corrected chi connectivity index (χ0v) is 33.4. The Kier molecular flexibility index (Phi) is 61.1. The van der Waals surface area contributed by atoms with Crippen LogP contribution in [-0.2, 0) is 4.74 Å². The van der Waals surface area contributed by atoms with Crippen molar-refractivity contribution in [2.75, 3.05) is 13.4 Å². The second-order valence-electron chi connectivity index (χ2n) is 9.50. The molecule has 0 aliphatic rings. The summed E-state index contributed by atoms with van der Waals surface area (Å²) in [5.41, 5.74) is 9.67. The monoisotopic (exact) mass is 617 g/mol. The first kappa shape index (κ1) is 56.4. The summed E-state index contributed by atoms with van der Waals surface area (Å²) in [6, 6.07) is 11.0. The molecule has 0 bridgehead atoms. The lowest BCUT2D eigenvalue weighted by atomic mass is 10.0. The Bertz CT molecular complexity index is 835. The van der Waals surface area contributed by atoms with E-state index in [1.165, 1.54) is 51.8 Å². The van der Waals surface area contributed by atoms with Crippen LogP contribution in [0.4, 0.5) is 0 Å². The van der Waals surface area contributed by atoms with Crippen LogP contribution in [0, 0.1) is 66.7 Å². The molecule has 0 fully saturated rings. The topological polar surface area (TPSA) is 9.23 Å². The van der Waals surface area contributed by atoms with Crippen molar-refractivity contribution in [3.63, 3.8) is 0 Å². The van der Waals surface area contributed by atoms with Crippen molar-refractivity contribution in [1.29, 1.82) is 0 Å². The van der Waals surface area contributed by atoms with E-state index in [0.717, 1.165) is 18.1 Å². The highest BCUT2D eigenvalue weighted by Gasteiger charge is 1.97. The van der Waals surface area contributed by atoms with E-state index in [9.17, 15) is 0 Å². The average Bonchev–Trinajstić information content (AvgIpc) is 3.00. The quantitative estimate of drug-likeness (QED) is 0.156. The van der Waals surface area contributed by atoms with E-state index in [2.05, 4.69) is 145 Å². The van der Waals surface area contributed by atoms with Crippen molar-refractivity contribution in [2.24, 2.45) is 5.92 Å². The van der Waals surface area contributed by atoms with Crippen LogP contribution >= 0.6 is 12.6 Å². The van der Waals surface area contributed by atoms with Gasteiger partial charge in [-0.2, -0.15) is 12.6 Å². The Hall–Kier alpha value is -2.37. The molecule has 1 nitrogen and oxygen atoms in total.